The zero-order chi connectivity index (χ0) is 24.4. The van der Waals surface area contributed by atoms with Crippen LogP contribution in [0.25, 0.3) is 16.7 Å². The Labute approximate surface area is 204 Å². The molecule has 0 aliphatic carbocycles. The summed E-state index contributed by atoms with van der Waals surface area (Å²) < 4.78 is 1.80. The third-order valence-electron chi connectivity index (χ3n) is 6.54. The summed E-state index contributed by atoms with van der Waals surface area (Å²) in [4.78, 5) is 32.0. The Morgan fingerprint density at radius 1 is 1.09 bits per heavy atom. The van der Waals surface area contributed by atoms with Crippen molar-refractivity contribution in [2.45, 2.75) is 39.5 Å². The predicted octanol–water partition coefficient (Wildman–Crippen LogP) is 5.06. The first-order chi connectivity index (χ1) is 17.0. The number of unbranched alkanes of at least 4 members (excludes halogenated alkanes) is 1. The number of nitrogens with zero attached hydrogens (tertiary/aromatic N) is 4. The number of amides is 2. The summed E-state index contributed by atoms with van der Waals surface area (Å²) in [5.41, 5.74) is 5.21. The number of fused-ring (bicyclic) bond motifs is 1. The molecule has 5 rings (SSSR count). The molecule has 0 bridgehead atoms. The molecule has 4 aromatic rings. The molecule has 1 N–H and O–H groups in total. The fourth-order valence-corrected chi connectivity index (χ4v) is 4.56. The van der Waals surface area contributed by atoms with Gasteiger partial charge in [-0.1, -0.05) is 43.7 Å². The number of anilines is 2. The number of aryl methyl sites for hydroxylation is 2. The zero-order valence-electron chi connectivity index (χ0n) is 20.1. The first kappa shape index (κ1) is 22.8. The predicted molar refractivity (Wildman–Crippen MR) is 138 cm³/mol. The molecule has 0 saturated carbocycles. The highest BCUT2D eigenvalue weighted by Crippen LogP contribution is 2.28. The van der Waals surface area contributed by atoms with E-state index in [0.29, 0.717) is 12.2 Å². The molecule has 35 heavy (non-hydrogen) atoms. The summed E-state index contributed by atoms with van der Waals surface area (Å²) in [6.45, 7) is 4.48. The maximum atomic E-state index is 13.0. The highest BCUT2D eigenvalue weighted by atomic mass is 16.2. The Morgan fingerprint density at radius 3 is 2.60 bits per heavy atom. The van der Waals surface area contributed by atoms with Gasteiger partial charge in [-0.05, 0) is 55.7 Å². The van der Waals surface area contributed by atoms with E-state index in [1.54, 1.807) is 15.8 Å². The highest BCUT2D eigenvalue weighted by molar-refractivity contribution is 6.04. The second kappa shape index (κ2) is 9.70. The zero-order valence-corrected chi connectivity index (χ0v) is 20.1. The third-order valence-corrected chi connectivity index (χ3v) is 6.54. The van der Waals surface area contributed by atoms with E-state index in [4.69, 9.17) is 0 Å². The molecular formula is C28H29N5O2. The second-order valence-corrected chi connectivity index (χ2v) is 9.09. The third kappa shape index (κ3) is 4.67. The van der Waals surface area contributed by atoms with Gasteiger partial charge in [0.15, 0.2) is 5.65 Å². The number of pyridine rings is 1. The quantitative estimate of drug-likeness (QED) is 0.412. The fraction of sp³-hybridized carbons (Fsp3) is 0.286. The van der Waals surface area contributed by atoms with Crippen LogP contribution in [0, 0.1) is 12.8 Å². The van der Waals surface area contributed by atoms with Gasteiger partial charge in [0.2, 0.25) is 11.8 Å². The van der Waals surface area contributed by atoms with Crippen LogP contribution in [0.1, 0.15) is 37.4 Å². The van der Waals surface area contributed by atoms with E-state index >= 15 is 0 Å². The first-order valence-corrected chi connectivity index (χ1v) is 12.1. The summed E-state index contributed by atoms with van der Waals surface area (Å²) >= 11 is 0. The molecule has 1 fully saturated rings. The molecule has 1 atom stereocenters. The van der Waals surface area contributed by atoms with E-state index in [9.17, 15) is 9.59 Å². The van der Waals surface area contributed by atoms with Gasteiger partial charge in [0.1, 0.15) is 0 Å². The van der Waals surface area contributed by atoms with Crippen LogP contribution >= 0.6 is 0 Å². The van der Waals surface area contributed by atoms with Crippen LogP contribution in [0.3, 0.4) is 0 Å². The van der Waals surface area contributed by atoms with Gasteiger partial charge in [-0.15, -0.1) is 0 Å². The smallest absolute Gasteiger partial charge is 0.229 e. The molecule has 7 heteroatoms. The number of para-hydroxylation sites is 1. The molecular weight excluding hydrogens is 438 g/mol. The van der Waals surface area contributed by atoms with Crippen LogP contribution in [0.4, 0.5) is 11.4 Å². The number of rotatable bonds is 7. The van der Waals surface area contributed by atoms with E-state index < -0.39 is 5.92 Å². The van der Waals surface area contributed by atoms with Gasteiger partial charge in [-0.2, -0.15) is 5.10 Å². The summed E-state index contributed by atoms with van der Waals surface area (Å²) in [5.74, 6) is -0.610. The van der Waals surface area contributed by atoms with Crippen LogP contribution in [0.15, 0.2) is 66.9 Å². The normalized spacial score (nSPS) is 15.7. The molecule has 2 aromatic carbocycles. The summed E-state index contributed by atoms with van der Waals surface area (Å²) in [6, 6.07) is 19.8. The molecule has 2 amide bonds. The van der Waals surface area contributed by atoms with Crippen LogP contribution in [-0.4, -0.2) is 33.1 Å². The number of aromatic nitrogens is 3. The Balaban J connectivity index is 1.29. The van der Waals surface area contributed by atoms with E-state index in [2.05, 4.69) is 34.5 Å². The van der Waals surface area contributed by atoms with Crippen LogP contribution in [0.5, 0.6) is 0 Å². The van der Waals surface area contributed by atoms with Crippen molar-refractivity contribution in [3.05, 3.63) is 78.1 Å². The number of carbonyl (C=O) groups is 2. The minimum atomic E-state index is -0.411. The van der Waals surface area contributed by atoms with Crippen molar-refractivity contribution < 1.29 is 9.59 Å². The van der Waals surface area contributed by atoms with Gasteiger partial charge in [0, 0.05) is 24.0 Å². The van der Waals surface area contributed by atoms with E-state index in [0.717, 1.165) is 47.4 Å². The van der Waals surface area contributed by atoms with Gasteiger partial charge in [-0.3, -0.25) is 9.59 Å². The molecule has 1 aliphatic heterocycles. The number of carbonyl (C=O) groups excluding carboxylic acids is 2. The van der Waals surface area contributed by atoms with E-state index in [1.807, 2.05) is 55.5 Å². The lowest BCUT2D eigenvalue weighted by molar-refractivity contribution is -0.122. The minimum Gasteiger partial charge on any atom is -0.324 e. The Morgan fingerprint density at radius 2 is 1.86 bits per heavy atom. The lowest BCUT2D eigenvalue weighted by atomic mass is 10.1. The summed E-state index contributed by atoms with van der Waals surface area (Å²) in [7, 11) is 0. The molecule has 1 aliphatic rings. The van der Waals surface area contributed by atoms with Crippen LogP contribution in [0.2, 0.25) is 0 Å². The number of hydrogen-bond acceptors (Lipinski definition) is 4. The standard InChI is InChI=1S/C28H29N5O2/c1-3-4-8-20-11-13-23(14-12-20)32-18-21(15-26(32)34)28(35)30-22-16-25-19(2)31-33(27(25)29-17-22)24-9-6-5-7-10-24/h5-7,9-14,16-17,21H,3-4,8,15,18H2,1-2H3,(H,30,35). The molecule has 0 spiro atoms. The van der Waals surface area contributed by atoms with Crippen molar-refractivity contribution in [1.82, 2.24) is 14.8 Å². The van der Waals surface area contributed by atoms with Gasteiger partial charge < -0.3 is 10.2 Å². The van der Waals surface area contributed by atoms with Gasteiger partial charge in [0.25, 0.3) is 0 Å². The number of hydrogen-bond donors (Lipinski definition) is 1. The SMILES string of the molecule is CCCCc1ccc(N2CC(C(=O)Nc3cnc4c(c3)c(C)nn4-c3ccccc3)CC2=O)cc1. The average Bonchev–Trinajstić information content (AvgIpc) is 3.43. The van der Waals surface area contributed by atoms with E-state index in [1.165, 1.54) is 5.56 Å². The number of nitrogens with one attached hydrogen (secondary N) is 1. The molecule has 1 unspecified atom stereocenters. The molecule has 2 aromatic heterocycles. The Kier molecular flexibility index (Phi) is 6.31. The van der Waals surface area contributed by atoms with Crippen molar-refractivity contribution in [2.75, 3.05) is 16.8 Å². The average molecular weight is 468 g/mol. The minimum absolute atomic E-state index is 0.0278. The lowest BCUT2D eigenvalue weighted by Crippen LogP contribution is -2.28. The molecule has 1 saturated heterocycles. The topological polar surface area (TPSA) is 80.1 Å². The van der Waals surface area contributed by atoms with Gasteiger partial charge in [-0.25, -0.2) is 9.67 Å². The summed E-state index contributed by atoms with van der Waals surface area (Å²) in [6.07, 6.45) is 5.18. The maximum Gasteiger partial charge on any atom is 0.229 e. The maximum absolute atomic E-state index is 13.0. The van der Waals surface area contributed by atoms with Crippen molar-refractivity contribution in [3.63, 3.8) is 0 Å². The first-order valence-electron chi connectivity index (χ1n) is 12.1. The van der Waals surface area contributed by atoms with Crippen molar-refractivity contribution >= 4 is 34.2 Å². The fourth-order valence-electron chi connectivity index (χ4n) is 4.56. The van der Waals surface area contributed by atoms with Crippen LogP contribution < -0.4 is 10.2 Å². The largest absolute Gasteiger partial charge is 0.324 e. The van der Waals surface area contributed by atoms with Gasteiger partial charge >= 0.3 is 0 Å². The summed E-state index contributed by atoms with van der Waals surface area (Å²) in [5, 5.41) is 8.46. The molecule has 3 heterocycles. The van der Waals surface area contributed by atoms with Crippen molar-refractivity contribution in [2.24, 2.45) is 5.92 Å². The second-order valence-electron chi connectivity index (χ2n) is 9.09. The van der Waals surface area contributed by atoms with E-state index in [-0.39, 0.29) is 18.2 Å². The lowest BCUT2D eigenvalue weighted by Gasteiger charge is -2.17. The van der Waals surface area contributed by atoms with Crippen molar-refractivity contribution in [1.29, 1.82) is 0 Å². The Hall–Kier alpha value is -4.00. The highest BCUT2D eigenvalue weighted by Gasteiger charge is 2.35. The van der Waals surface area contributed by atoms with Gasteiger partial charge in [0.05, 0.1) is 29.2 Å². The molecule has 0 radical (unpaired) electrons. The molecule has 7 nitrogen and oxygen atoms in total. The monoisotopic (exact) mass is 467 g/mol. The Bertz CT molecular complexity index is 1360. The van der Waals surface area contributed by atoms with Crippen LogP contribution in [-0.2, 0) is 16.0 Å². The number of benzene rings is 2. The van der Waals surface area contributed by atoms with Crippen molar-refractivity contribution in [3.8, 4) is 5.69 Å². The molecule has 178 valence electrons.